The number of amides is 3. The Labute approximate surface area is 241 Å². The minimum absolute atomic E-state index is 0.0506. The quantitative estimate of drug-likeness (QED) is 0.464. The van der Waals surface area contributed by atoms with Crippen molar-refractivity contribution < 1.29 is 28.6 Å². The molecule has 41 heavy (non-hydrogen) atoms. The van der Waals surface area contributed by atoms with Crippen LogP contribution in [0.5, 0.6) is 5.75 Å². The number of methoxy groups -OCH3 is 1. The Balaban J connectivity index is 1.26. The van der Waals surface area contributed by atoms with Crippen LogP contribution in [0.1, 0.15) is 33.1 Å². The van der Waals surface area contributed by atoms with Gasteiger partial charge < -0.3 is 29.7 Å². The van der Waals surface area contributed by atoms with Crippen molar-refractivity contribution in [2.75, 3.05) is 51.8 Å². The van der Waals surface area contributed by atoms with Gasteiger partial charge in [-0.1, -0.05) is 38.8 Å². The van der Waals surface area contributed by atoms with Crippen LogP contribution in [-0.4, -0.2) is 97.8 Å². The van der Waals surface area contributed by atoms with Gasteiger partial charge in [0.15, 0.2) is 0 Å². The third kappa shape index (κ3) is 5.04. The number of carbonyl (C=O) groups is 3. The smallest absolute Gasteiger partial charge is 0.246 e. The molecule has 1 spiro atoms. The number of carbonyl (C=O) groups excluding carboxylic acids is 3. The zero-order chi connectivity index (χ0) is 28.7. The van der Waals surface area contributed by atoms with E-state index in [0.717, 1.165) is 32.4 Å². The van der Waals surface area contributed by atoms with Gasteiger partial charge in [0.1, 0.15) is 17.4 Å². The molecule has 1 aliphatic carbocycles. The Hall–Kier alpha value is -2.95. The van der Waals surface area contributed by atoms with Crippen LogP contribution in [0, 0.1) is 23.7 Å². The molecule has 3 amide bonds. The summed E-state index contributed by atoms with van der Waals surface area (Å²) in [6.07, 6.45) is 6.33. The standard InChI is InChI=1S/C31H42N4O6/c1-19-5-4-6-23(20(19)2)33-29(37)27-31-12-11-24(41-31)25(28(36)32-21-7-9-22(39-3)10-8-21)26(31)30(38)35(27)14-13-34-15-17-40-18-16-34/h7-12,19-20,23-27H,4-6,13-18H2,1-3H3,(H,32,36)(H,33,37). The molecule has 2 N–H and O–H groups in total. The summed E-state index contributed by atoms with van der Waals surface area (Å²) < 4.78 is 17.2. The fourth-order valence-electron chi connectivity index (χ4n) is 7.53. The zero-order valence-electron chi connectivity index (χ0n) is 24.2. The van der Waals surface area contributed by atoms with Gasteiger partial charge in [0.05, 0.1) is 38.3 Å². The third-order valence-corrected chi connectivity index (χ3v) is 10.1. The number of nitrogens with one attached hydrogen (secondary N) is 2. The number of nitrogens with zero attached hydrogens (tertiary/aromatic N) is 2. The summed E-state index contributed by atoms with van der Waals surface area (Å²) in [4.78, 5) is 46.0. The summed E-state index contributed by atoms with van der Waals surface area (Å²) in [5.41, 5.74) is -0.552. The van der Waals surface area contributed by atoms with Crippen LogP contribution in [0.15, 0.2) is 36.4 Å². The molecular formula is C31H42N4O6. The van der Waals surface area contributed by atoms with Crippen LogP contribution < -0.4 is 15.4 Å². The molecule has 10 nitrogen and oxygen atoms in total. The van der Waals surface area contributed by atoms with Crippen molar-refractivity contribution in [3.05, 3.63) is 36.4 Å². The van der Waals surface area contributed by atoms with Gasteiger partial charge in [-0.2, -0.15) is 0 Å². The average Bonchev–Trinajstić information content (AvgIpc) is 3.62. The SMILES string of the molecule is COc1ccc(NC(=O)C2C3C=CC4(O3)C2C(=O)N(CCN2CCOCC2)C4C(=O)NC2CCCC(C)C2C)cc1. The highest BCUT2D eigenvalue weighted by Crippen LogP contribution is 2.55. The lowest BCUT2D eigenvalue weighted by molar-refractivity contribution is -0.142. The molecule has 5 aliphatic rings. The molecule has 3 saturated heterocycles. The Morgan fingerprint density at radius 2 is 1.83 bits per heavy atom. The van der Waals surface area contributed by atoms with Crippen LogP contribution in [0.25, 0.3) is 0 Å². The van der Waals surface area contributed by atoms with Gasteiger partial charge in [-0.3, -0.25) is 19.3 Å². The maximum Gasteiger partial charge on any atom is 0.246 e. The second-order valence-corrected chi connectivity index (χ2v) is 12.3. The summed E-state index contributed by atoms with van der Waals surface area (Å²) in [6, 6.07) is 6.31. The fraction of sp³-hybridized carbons (Fsp3) is 0.645. The van der Waals surface area contributed by atoms with E-state index in [1.54, 1.807) is 36.3 Å². The van der Waals surface area contributed by atoms with E-state index in [4.69, 9.17) is 14.2 Å². The van der Waals surface area contributed by atoms with Crippen molar-refractivity contribution in [2.24, 2.45) is 23.7 Å². The van der Waals surface area contributed by atoms with E-state index in [2.05, 4.69) is 29.4 Å². The van der Waals surface area contributed by atoms with E-state index in [1.165, 1.54) is 0 Å². The van der Waals surface area contributed by atoms with E-state index in [9.17, 15) is 14.4 Å². The van der Waals surface area contributed by atoms with Crippen molar-refractivity contribution >= 4 is 23.4 Å². The number of likely N-dealkylation sites (tertiary alicyclic amines) is 1. The lowest BCUT2D eigenvalue weighted by Gasteiger charge is -2.38. The topological polar surface area (TPSA) is 109 Å². The average molecular weight is 567 g/mol. The minimum Gasteiger partial charge on any atom is -0.497 e. The van der Waals surface area contributed by atoms with Crippen molar-refractivity contribution in [3.8, 4) is 5.75 Å². The lowest BCUT2D eigenvalue weighted by atomic mass is 9.73. The third-order valence-electron chi connectivity index (χ3n) is 10.1. The number of rotatable bonds is 8. The van der Waals surface area contributed by atoms with E-state index >= 15 is 0 Å². The second-order valence-electron chi connectivity index (χ2n) is 12.3. The Bertz CT molecular complexity index is 1180. The summed E-state index contributed by atoms with van der Waals surface area (Å²) in [5, 5.41) is 6.29. The number of benzene rings is 1. The highest BCUT2D eigenvalue weighted by atomic mass is 16.5. The first-order valence-corrected chi connectivity index (χ1v) is 15.1. The molecule has 0 radical (unpaired) electrons. The molecule has 1 aromatic rings. The predicted octanol–water partition coefficient (Wildman–Crippen LogP) is 2.06. The van der Waals surface area contributed by atoms with E-state index in [1.807, 2.05) is 12.2 Å². The number of hydrogen-bond donors (Lipinski definition) is 2. The Kier molecular flexibility index (Phi) is 7.82. The number of hydrogen-bond acceptors (Lipinski definition) is 7. The molecular weight excluding hydrogens is 524 g/mol. The summed E-state index contributed by atoms with van der Waals surface area (Å²) in [6.45, 7) is 8.35. The van der Waals surface area contributed by atoms with Gasteiger partial charge in [-0.25, -0.2) is 0 Å². The largest absolute Gasteiger partial charge is 0.497 e. The molecule has 2 bridgehead atoms. The first-order valence-electron chi connectivity index (χ1n) is 15.1. The van der Waals surface area contributed by atoms with Gasteiger partial charge >= 0.3 is 0 Å². The van der Waals surface area contributed by atoms with Crippen molar-refractivity contribution in [3.63, 3.8) is 0 Å². The highest BCUT2D eigenvalue weighted by molar-refractivity contribution is 6.02. The van der Waals surface area contributed by atoms with Gasteiger partial charge in [-0.15, -0.1) is 0 Å². The molecule has 1 aromatic carbocycles. The molecule has 8 atom stereocenters. The van der Waals surface area contributed by atoms with Gasteiger partial charge in [0.2, 0.25) is 17.7 Å². The Morgan fingerprint density at radius 1 is 1.07 bits per heavy atom. The van der Waals surface area contributed by atoms with Gasteiger partial charge in [0.25, 0.3) is 0 Å². The molecule has 4 fully saturated rings. The van der Waals surface area contributed by atoms with Crippen LogP contribution in [0.3, 0.4) is 0 Å². The molecule has 4 heterocycles. The van der Waals surface area contributed by atoms with Crippen molar-refractivity contribution in [2.45, 2.75) is 56.9 Å². The highest BCUT2D eigenvalue weighted by Gasteiger charge is 2.72. The van der Waals surface area contributed by atoms with Crippen LogP contribution >= 0.6 is 0 Å². The minimum atomic E-state index is -1.16. The first-order chi connectivity index (χ1) is 19.8. The number of fused-ring (bicyclic) bond motifs is 1. The monoisotopic (exact) mass is 566 g/mol. The van der Waals surface area contributed by atoms with Crippen LogP contribution in [0.4, 0.5) is 5.69 Å². The van der Waals surface area contributed by atoms with Crippen LogP contribution in [-0.2, 0) is 23.9 Å². The van der Waals surface area contributed by atoms with E-state index in [0.29, 0.717) is 49.6 Å². The van der Waals surface area contributed by atoms with E-state index in [-0.39, 0.29) is 23.8 Å². The number of morpholine rings is 1. The predicted molar refractivity (Wildman–Crippen MR) is 152 cm³/mol. The lowest BCUT2D eigenvalue weighted by Crippen LogP contribution is -2.58. The Morgan fingerprint density at radius 3 is 2.56 bits per heavy atom. The number of ether oxygens (including phenoxy) is 3. The van der Waals surface area contributed by atoms with Crippen molar-refractivity contribution in [1.82, 2.24) is 15.1 Å². The maximum absolute atomic E-state index is 14.2. The second kappa shape index (κ2) is 11.4. The summed E-state index contributed by atoms with van der Waals surface area (Å²) in [5.74, 6) is -0.600. The van der Waals surface area contributed by atoms with Crippen LogP contribution in [0.2, 0.25) is 0 Å². The van der Waals surface area contributed by atoms with Gasteiger partial charge in [-0.05, 0) is 42.5 Å². The van der Waals surface area contributed by atoms with E-state index < -0.39 is 29.6 Å². The fourth-order valence-corrected chi connectivity index (χ4v) is 7.53. The molecule has 6 rings (SSSR count). The van der Waals surface area contributed by atoms with Gasteiger partial charge in [0, 0.05) is 37.9 Å². The molecule has 0 aromatic heterocycles. The molecule has 4 aliphatic heterocycles. The molecule has 1 saturated carbocycles. The normalized spacial score (nSPS) is 36.3. The van der Waals surface area contributed by atoms with Crippen molar-refractivity contribution in [1.29, 1.82) is 0 Å². The zero-order valence-corrected chi connectivity index (χ0v) is 24.2. The summed E-state index contributed by atoms with van der Waals surface area (Å²) in [7, 11) is 1.59. The maximum atomic E-state index is 14.2. The summed E-state index contributed by atoms with van der Waals surface area (Å²) >= 11 is 0. The first kappa shape index (κ1) is 28.2. The number of anilines is 1. The molecule has 8 unspecified atom stereocenters. The molecule has 222 valence electrons. The molecule has 10 heteroatoms.